The molecule has 0 atom stereocenters. The molecule has 0 N–H and O–H groups in total. The SMILES string of the molecule is Cc1ccccc1S(=O)(=O)N(C)CCS(C)(=O)=O. The predicted molar refractivity (Wildman–Crippen MR) is 70.7 cm³/mol. The van der Waals surface area contributed by atoms with Gasteiger partial charge in [-0.25, -0.2) is 16.8 Å². The minimum absolute atomic E-state index is 0.0461. The molecular weight excluding hydrogens is 274 g/mol. The topological polar surface area (TPSA) is 71.5 Å². The molecule has 0 spiro atoms. The maximum Gasteiger partial charge on any atom is 0.243 e. The van der Waals surface area contributed by atoms with Crippen molar-refractivity contribution in [3.8, 4) is 0 Å². The second-order valence-corrected chi connectivity index (χ2v) is 8.50. The van der Waals surface area contributed by atoms with Crippen LogP contribution in [0, 0.1) is 6.92 Å². The van der Waals surface area contributed by atoms with Gasteiger partial charge in [-0.15, -0.1) is 0 Å². The van der Waals surface area contributed by atoms with E-state index in [-0.39, 0.29) is 17.2 Å². The molecule has 1 aromatic carbocycles. The van der Waals surface area contributed by atoms with Gasteiger partial charge in [-0.2, -0.15) is 4.31 Å². The number of nitrogens with zero attached hydrogens (tertiary/aromatic N) is 1. The first-order valence-electron chi connectivity index (χ1n) is 5.34. The molecule has 1 rings (SSSR count). The van der Waals surface area contributed by atoms with Crippen LogP contribution in [0.25, 0.3) is 0 Å². The third-order valence-electron chi connectivity index (χ3n) is 2.56. The highest BCUT2D eigenvalue weighted by Crippen LogP contribution is 2.18. The van der Waals surface area contributed by atoms with Crippen molar-refractivity contribution in [2.45, 2.75) is 11.8 Å². The van der Waals surface area contributed by atoms with Crippen molar-refractivity contribution in [3.05, 3.63) is 29.8 Å². The van der Waals surface area contributed by atoms with Crippen molar-refractivity contribution in [1.29, 1.82) is 0 Å². The van der Waals surface area contributed by atoms with Crippen LogP contribution in [-0.2, 0) is 19.9 Å². The van der Waals surface area contributed by atoms with E-state index in [9.17, 15) is 16.8 Å². The summed E-state index contributed by atoms with van der Waals surface area (Å²) in [6, 6.07) is 6.62. The molecule has 0 unspecified atom stereocenters. The van der Waals surface area contributed by atoms with E-state index >= 15 is 0 Å². The fourth-order valence-corrected chi connectivity index (χ4v) is 3.54. The summed E-state index contributed by atoms with van der Waals surface area (Å²) in [4.78, 5) is 0.209. The fourth-order valence-electron chi connectivity index (χ4n) is 1.43. The molecule has 7 heteroatoms. The summed E-state index contributed by atoms with van der Waals surface area (Å²) in [6.45, 7) is 1.66. The number of hydrogen-bond donors (Lipinski definition) is 0. The largest absolute Gasteiger partial charge is 0.243 e. The Labute approximate surface area is 108 Å². The molecule has 0 aliphatic rings. The highest BCUT2D eigenvalue weighted by atomic mass is 32.2. The molecule has 18 heavy (non-hydrogen) atoms. The summed E-state index contributed by atoms with van der Waals surface area (Å²) in [5.41, 5.74) is 0.642. The molecule has 0 radical (unpaired) electrons. The van der Waals surface area contributed by atoms with Gasteiger partial charge in [0.25, 0.3) is 0 Å². The maximum absolute atomic E-state index is 12.2. The highest BCUT2D eigenvalue weighted by molar-refractivity contribution is 7.91. The number of aryl methyl sites for hydroxylation is 1. The van der Waals surface area contributed by atoms with Gasteiger partial charge in [0.05, 0.1) is 10.6 Å². The number of hydrogen-bond acceptors (Lipinski definition) is 4. The molecule has 0 aliphatic carbocycles. The third kappa shape index (κ3) is 3.79. The third-order valence-corrected chi connectivity index (χ3v) is 5.50. The minimum atomic E-state index is -3.62. The van der Waals surface area contributed by atoms with E-state index in [0.29, 0.717) is 5.56 Å². The standard InChI is InChI=1S/C11H17NO4S2/c1-10-6-4-5-7-11(10)18(15,16)12(2)8-9-17(3,13)14/h4-7H,8-9H2,1-3H3. The number of benzene rings is 1. The van der Waals surface area contributed by atoms with E-state index in [0.717, 1.165) is 10.6 Å². The lowest BCUT2D eigenvalue weighted by Gasteiger charge is -2.17. The second kappa shape index (κ2) is 5.38. The van der Waals surface area contributed by atoms with Crippen molar-refractivity contribution in [1.82, 2.24) is 4.31 Å². The van der Waals surface area contributed by atoms with Crippen LogP contribution in [0.1, 0.15) is 5.56 Å². The minimum Gasteiger partial charge on any atom is -0.229 e. The van der Waals surface area contributed by atoms with Crippen LogP contribution in [-0.4, -0.2) is 46.7 Å². The molecular formula is C11H17NO4S2. The summed E-state index contributed by atoms with van der Waals surface area (Å²) in [5, 5.41) is 0. The number of rotatable bonds is 5. The molecule has 0 fully saturated rings. The molecule has 0 saturated carbocycles. The van der Waals surface area contributed by atoms with E-state index in [1.54, 1.807) is 25.1 Å². The molecule has 0 saturated heterocycles. The first-order valence-corrected chi connectivity index (χ1v) is 8.84. The Morgan fingerprint density at radius 3 is 2.17 bits per heavy atom. The number of sulfonamides is 1. The zero-order valence-corrected chi connectivity index (χ0v) is 12.3. The van der Waals surface area contributed by atoms with Gasteiger partial charge in [0.2, 0.25) is 10.0 Å². The van der Waals surface area contributed by atoms with Gasteiger partial charge in [-0.05, 0) is 18.6 Å². The zero-order chi connectivity index (χ0) is 14.0. The van der Waals surface area contributed by atoms with Gasteiger partial charge in [0.15, 0.2) is 0 Å². The van der Waals surface area contributed by atoms with Crippen LogP contribution in [0.15, 0.2) is 29.2 Å². The van der Waals surface area contributed by atoms with E-state index in [1.807, 2.05) is 0 Å². The van der Waals surface area contributed by atoms with Gasteiger partial charge in [0, 0.05) is 19.8 Å². The Morgan fingerprint density at radius 1 is 1.11 bits per heavy atom. The lowest BCUT2D eigenvalue weighted by atomic mass is 10.2. The summed E-state index contributed by atoms with van der Waals surface area (Å²) in [5.74, 6) is -0.186. The Bertz CT molecular complexity index is 620. The van der Waals surface area contributed by atoms with Crippen molar-refractivity contribution < 1.29 is 16.8 Å². The Morgan fingerprint density at radius 2 is 1.67 bits per heavy atom. The molecule has 0 amide bonds. The van der Waals surface area contributed by atoms with Crippen LogP contribution in [0.5, 0.6) is 0 Å². The van der Waals surface area contributed by atoms with Crippen molar-refractivity contribution in [3.63, 3.8) is 0 Å². The molecule has 0 heterocycles. The molecule has 102 valence electrons. The average molecular weight is 291 g/mol. The van der Waals surface area contributed by atoms with E-state index in [4.69, 9.17) is 0 Å². The highest BCUT2D eigenvalue weighted by Gasteiger charge is 2.22. The monoisotopic (exact) mass is 291 g/mol. The van der Waals surface area contributed by atoms with Gasteiger partial charge in [-0.3, -0.25) is 0 Å². The molecule has 0 aliphatic heterocycles. The van der Waals surface area contributed by atoms with Gasteiger partial charge in [-0.1, -0.05) is 18.2 Å². The van der Waals surface area contributed by atoms with Crippen molar-refractivity contribution in [2.24, 2.45) is 0 Å². The van der Waals surface area contributed by atoms with Crippen LogP contribution >= 0.6 is 0 Å². The zero-order valence-electron chi connectivity index (χ0n) is 10.6. The van der Waals surface area contributed by atoms with Gasteiger partial charge >= 0.3 is 0 Å². The lowest BCUT2D eigenvalue weighted by molar-refractivity contribution is 0.484. The average Bonchev–Trinajstić information content (AvgIpc) is 2.25. The summed E-state index contributed by atoms with van der Waals surface area (Å²) < 4.78 is 47.6. The van der Waals surface area contributed by atoms with Gasteiger partial charge < -0.3 is 0 Å². The summed E-state index contributed by atoms with van der Waals surface area (Å²) in [7, 11) is -5.42. The normalized spacial score (nSPS) is 12.9. The summed E-state index contributed by atoms with van der Waals surface area (Å²) in [6.07, 6.45) is 1.08. The maximum atomic E-state index is 12.2. The molecule has 5 nitrogen and oxygen atoms in total. The quantitative estimate of drug-likeness (QED) is 0.799. The molecule has 0 aromatic heterocycles. The van der Waals surface area contributed by atoms with Crippen LogP contribution < -0.4 is 0 Å². The first kappa shape index (κ1) is 15.1. The molecule has 0 bridgehead atoms. The Balaban J connectivity index is 2.98. The van der Waals surface area contributed by atoms with E-state index in [2.05, 4.69) is 0 Å². The molecule has 1 aromatic rings. The Kier molecular flexibility index (Phi) is 4.52. The predicted octanol–water partition coefficient (Wildman–Crippen LogP) is 0.660. The first-order chi connectivity index (χ1) is 8.14. The van der Waals surface area contributed by atoms with Crippen molar-refractivity contribution >= 4 is 19.9 Å². The summed E-state index contributed by atoms with van der Waals surface area (Å²) >= 11 is 0. The van der Waals surface area contributed by atoms with Gasteiger partial charge in [0.1, 0.15) is 9.84 Å². The fraction of sp³-hybridized carbons (Fsp3) is 0.455. The van der Waals surface area contributed by atoms with Crippen molar-refractivity contribution in [2.75, 3.05) is 25.6 Å². The Hall–Kier alpha value is -0.920. The van der Waals surface area contributed by atoms with E-state index in [1.165, 1.54) is 13.1 Å². The van der Waals surface area contributed by atoms with Crippen LogP contribution in [0.2, 0.25) is 0 Å². The smallest absolute Gasteiger partial charge is 0.229 e. The number of sulfone groups is 1. The van der Waals surface area contributed by atoms with Crippen LogP contribution in [0.3, 0.4) is 0 Å². The second-order valence-electron chi connectivity index (χ2n) is 4.22. The lowest BCUT2D eigenvalue weighted by Crippen LogP contribution is -2.31. The van der Waals surface area contributed by atoms with E-state index < -0.39 is 19.9 Å². The van der Waals surface area contributed by atoms with Crippen LogP contribution in [0.4, 0.5) is 0 Å².